The largest absolute Gasteiger partial charge is 0.493 e. The van der Waals surface area contributed by atoms with Gasteiger partial charge in [-0.15, -0.1) is 0 Å². The first kappa shape index (κ1) is 15.4. The molecule has 2 aromatic carbocycles. The van der Waals surface area contributed by atoms with Gasteiger partial charge in [-0.1, -0.05) is 6.07 Å². The molecule has 3 rings (SSSR count). The zero-order valence-electron chi connectivity index (χ0n) is 13.3. The maximum absolute atomic E-state index is 12.4. The maximum atomic E-state index is 12.4. The summed E-state index contributed by atoms with van der Waals surface area (Å²) in [5.41, 5.74) is 3.92. The molecular weight excluding hydrogens is 292 g/mol. The second-order valence-corrected chi connectivity index (χ2v) is 5.43. The molecule has 0 radical (unpaired) electrons. The minimum atomic E-state index is -0.167. The summed E-state index contributed by atoms with van der Waals surface area (Å²) in [5, 5.41) is 6.28. The van der Waals surface area contributed by atoms with E-state index in [1.54, 1.807) is 32.4 Å². The van der Waals surface area contributed by atoms with Crippen molar-refractivity contribution in [3.05, 3.63) is 53.1 Å². The van der Waals surface area contributed by atoms with E-state index in [9.17, 15) is 4.79 Å². The maximum Gasteiger partial charge on any atom is 0.255 e. The normalized spacial score (nSPS) is 13.1. The molecule has 0 aromatic heterocycles. The molecule has 1 aliphatic heterocycles. The predicted octanol–water partition coefficient (Wildman–Crippen LogP) is 2.60. The summed E-state index contributed by atoms with van der Waals surface area (Å²) in [6.07, 6.45) is 0.982. The van der Waals surface area contributed by atoms with E-state index in [2.05, 4.69) is 22.8 Å². The van der Waals surface area contributed by atoms with Crippen molar-refractivity contribution in [1.82, 2.24) is 5.32 Å². The molecule has 0 unspecified atom stereocenters. The Balaban J connectivity index is 1.79. The molecule has 2 aromatic rings. The van der Waals surface area contributed by atoms with Crippen LogP contribution in [0.3, 0.4) is 0 Å². The van der Waals surface area contributed by atoms with Gasteiger partial charge in [0, 0.05) is 17.8 Å². The van der Waals surface area contributed by atoms with Crippen molar-refractivity contribution in [2.24, 2.45) is 0 Å². The SMILES string of the molecule is COc1ccc(C(=O)Nc2ccc3c(c2)CCNC3)cc1OC. The van der Waals surface area contributed by atoms with Gasteiger partial charge in [0.2, 0.25) is 0 Å². The third-order valence-corrected chi connectivity index (χ3v) is 4.00. The van der Waals surface area contributed by atoms with E-state index < -0.39 is 0 Å². The lowest BCUT2D eigenvalue weighted by Crippen LogP contribution is -2.23. The molecule has 0 atom stereocenters. The van der Waals surface area contributed by atoms with Crippen molar-refractivity contribution < 1.29 is 14.3 Å². The number of amides is 1. The first-order chi connectivity index (χ1) is 11.2. The lowest BCUT2D eigenvalue weighted by molar-refractivity contribution is 0.102. The lowest BCUT2D eigenvalue weighted by Gasteiger charge is -2.18. The minimum absolute atomic E-state index is 0.167. The minimum Gasteiger partial charge on any atom is -0.493 e. The highest BCUT2D eigenvalue weighted by molar-refractivity contribution is 6.04. The van der Waals surface area contributed by atoms with Crippen LogP contribution in [-0.2, 0) is 13.0 Å². The molecule has 0 spiro atoms. The van der Waals surface area contributed by atoms with Gasteiger partial charge in [-0.05, 0) is 54.4 Å². The number of carbonyl (C=O) groups is 1. The molecule has 23 heavy (non-hydrogen) atoms. The number of ether oxygens (including phenoxy) is 2. The van der Waals surface area contributed by atoms with Crippen LogP contribution < -0.4 is 20.1 Å². The smallest absolute Gasteiger partial charge is 0.255 e. The second-order valence-electron chi connectivity index (χ2n) is 5.43. The third kappa shape index (κ3) is 3.29. The van der Waals surface area contributed by atoms with Crippen molar-refractivity contribution >= 4 is 11.6 Å². The number of carbonyl (C=O) groups excluding carboxylic acids is 1. The van der Waals surface area contributed by atoms with Gasteiger partial charge in [0.05, 0.1) is 14.2 Å². The number of nitrogens with one attached hydrogen (secondary N) is 2. The number of hydrogen-bond acceptors (Lipinski definition) is 4. The number of rotatable bonds is 4. The average molecular weight is 312 g/mol. The number of hydrogen-bond donors (Lipinski definition) is 2. The van der Waals surface area contributed by atoms with Gasteiger partial charge in [0.15, 0.2) is 11.5 Å². The fourth-order valence-electron chi connectivity index (χ4n) is 2.74. The van der Waals surface area contributed by atoms with Gasteiger partial charge < -0.3 is 20.1 Å². The Hall–Kier alpha value is -2.53. The first-order valence-corrected chi connectivity index (χ1v) is 7.57. The van der Waals surface area contributed by atoms with Gasteiger partial charge in [-0.25, -0.2) is 0 Å². The molecule has 120 valence electrons. The molecule has 0 bridgehead atoms. The van der Waals surface area contributed by atoms with Gasteiger partial charge in [-0.2, -0.15) is 0 Å². The third-order valence-electron chi connectivity index (χ3n) is 4.00. The molecule has 0 aliphatic carbocycles. The average Bonchev–Trinajstić information content (AvgIpc) is 2.60. The molecule has 5 nitrogen and oxygen atoms in total. The van der Waals surface area contributed by atoms with Crippen LogP contribution in [0.5, 0.6) is 11.5 Å². The number of benzene rings is 2. The van der Waals surface area contributed by atoms with Crippen molar-refractivity contribution in [2.45, 2.75) is 13.0 Å². The summed E-state index contributed by atoms with van der Waals surface area (Å²) in [7, 11) is 3.12. The van der Waals surface area contributed by atoms with Crippen molar-refractivity contribution in [2.75, 3.05) is 26.1 Å². The fourth-order valence-corrected chi connectivity index (χ4v) is 2.74. The molecule has 1 aliphatic rings. The Morgan fingerprint density at radius 1 is 1.04 bits per heavy atom. The molecule has 0 saturated carbocycles. The fraction of sp³-hybridized carbons (Fsp3) is 0.278. The molecule has 0 saturated heterocycles. The van der Waals surface area contributed by atoms with Crippen molar-refractivity contribution in [3.8, 4) is 11.5 Å². The zero-order valence-corrected chi connectivity index (χ0v) is 13.3. The van der Waals surface area contributed by atoms with Crippen LogP contribution in [0.25, 0.3) is 0 Å². The summed E-state index contributed by atoms with van der Waals surface area (Å²) < 4.78 is 10.4. The van der Waals surface area contributed by atoms with E-state index >= 15 is 0 Å². The Labute approximate surface area is 135 Å². The highest BCUT2D eigenvalue weighted by atomic mass is 16.5. The quantitative estimate of drug-likeness (QED) is 0.911. The number of fused-ring (bicyclic) bond motifs is 1. The molecule has 5 heteroatoms. The topological polar surface area (TPSA) is 59.6 Å². The molecule has 1 heterocycles. The van der Waals surface area contributed by atoms with Gasteiger partial charge in [-0.3, -0.25) is 4.79 Å². The summed E-state index contributed by atoms with van der Waals surface area (Å²) in [6, 6.07) is 11.2. The van der Waals surface area contributed by atoms with E-state index in [-0.39, 0.29) is 5.91 Å². The van der Waals surface area contributed by atoms with E-state index in [4.69, 9.17) is 9.47 Å². The van der Waals surface area contributed by atoms with Crippen LogP contribution in [0.2, 0.25) is 0 Å². The lowest BCUT2D eigenvalue weighted by atomic mass is 10.0. The summed E-state index contributed by atoms with van der Waals surface area (Å²) in [4.78, 5) is 12.4. The Bertz CT molecular complexity index is 728. The molecular formula is C18H20N2O3. The number of anilines is 1. The summed E-state index contributed by atoms with van der Waals surface area (Å²) in [5.74, 6) is 0.974. The van der Waals surface area contributed by atoms with Crippen LogP contribution in [0.4, 0.5) is 5.69 Å². The highest BCUT2D eigenvalue weighted by Gasteiger charge is 2.13. The highest BCUT2D eigenvalue weighted by Crippen LogP contribution is 2.28. The Kier molecular flexibility index (Phi) is 4.48. The number of methoxy groups -OCH3 is 2. The van der Waals surface area contributed by atoms with E-state index in [1.807, 2.05) is 6.07 Å². The summed E-state index contributed by atoms with van der Waals surface area (Å²) in [6.45, 7) is 1.86. The molecule has 1 amide bonds. The van der Waals surface area contributed by atoms with Crippen LogP contribution in [-0.4, -0.2) is 26.7 Å². The van der Waals surface area contributed by atoms with Gasteiger partial charge in [0.1, 0.15) is 0 Å². The standard InChI is InChI=1S/C18H20N2O3/c1-22-16-6-4-13(10-17(16)23-2)18(21)20-15-5-3-14-11-19-8-7-12(14)9-15/h3-6,9-10,19H,7-8,11H2,1-2H3,(H,20,21). The zero-order chi connectivity index (χ0) is 16.2. The van der Waals surface area contributed by atoms with Crippen molar-refractivity contribution in [1.29, 1.82) is 0 Å². The van der Waals surface area contributed by atoms with E-state index in [0.29, 0.717) is 17.1 Å². The van der Waals surface area contributed by atoms with Crippen LogP contribution in [0, 0.1) is 0 Å². The predicted molar refractivity (Wildman–Crippen MR) is 89.4 cm³/mol. The van der Waals surface area contributed by atoms with Crippen molar-refractivity contribution in [3.63, 3.8) is 0 Å². The van der Waals surface area contributed by atoms with E-state index in [1.165, 1.54) is 11.1 Å². The monoisotopic (exact) mass is 312 g/mol. The molecule has 2 N–H and O–H groups in total. The first-order valence-electron chi connectivity index (χ1n) is 7.57. The Morgan fingerprint density at radius 3 is 2.65 bits per heavy atom. The van der Waals surface area contributed by atoms with Crippen LogP contribution >= 0.6 is 0 Å². The van der Waals surface area contributed by atoms with Gasteiger partial charge in [0.25, 0.3) is 5.91 Å². The summed E-state index contributed by atoms with van der Waals surface area (Å²) >= 11 is 0. The Morgan fingerprint density at radius 2 is 1.87 bits per heavy atom. The van der Waals surface area contributed by atoms with Crippen LogP contribution in [0.1, 0.15) is 21.5 Å². The van der Waals surface area contributed by atoms with Crippen LogP contribution in [0.15, 0.2) is 36.4 Å². The molecule has 0 fully saturated rings. The van der Waals surface area contributed by atoms with Gasteiger partial charge >= 0.3 is 0 Å². The second kappa shape index (κ2) is 6.71. The van der Waals surface area contributed by atoms with E-state index in [0.717, 1.165) is 25.2 Å².